The standard InChI is InChI=1S/C21H24N4O2/c1-4-5-12-24(3)21(27)19-23-18(17-11-6-7-13-25(17)19)20(26)22-16-10-8-9-15(2)14-16/h6-11,13-14H,4-5,12H2,1-3H3,(H,22,26). The number of imidazole rings is 1. The van der Waals surface area contributed by atoms with Gasteiger partial charge in [0.25, 0.3) is 11.8 Å². The number of pyridine rings is 1. The molecular weight excluding hydrogens is 340 g/mol. The molecule has 0 radical (unpaired) electrons. The van der Waals surface area contributed by atoms with Crippen molar-refractivity contribution in [2.45, 2.75) is 26.7 Å². The fraction of sp³-hybridized carbons (Fsp3) is 0.286. The number of carbonyl (C=O) groups excluding carboxylic acids is 2. The monoisotopic (exact) mass is 364 g/mol. The van der Waals surface area contributed by atoms with Gasteiger partial charge in [0.05, 0.1) is 5.52 Å². The topological polar surface area (TPSA) is 66.7 Å². The lowest BCUT2D eigenvalue weighted by atomic mass is 10.2. The first-order valence-electron chi connectivity index (χ1n) is 9.12. The van der Waals surface area contributed by atoms with Crippen LogP contribution in [0.1, 0.15) is 46.4 Å². The lowest BCUT2D eigenvalue weighted by Gasteiger charge is -2.15. The third-order valence-electron chi connectivity index (χ3n) is 4.42. The number of hydrogen-bond acceptors (Lipinski definition) is 3. The van der Waals surface area contributed by atoms with Gasteiger partial charge in [-0.15, -0.1) is 0 Å². The number of carbonyl (C=O) groups is 2. The summed E-state index contributed by atoms with van der Waals surface area (Å²) in [5.41, 5.74) is 2.60. The quantitative estimate of drug-likeness (QED) is 0.724. The number of nitrogens with zero attached hydrogens (tertiary/aromatic N) is 3. The Kier molecular flexibility index (Phi) is 5.54. The minimum atomic E-state index is -0.334. The van der Waals surface area contributed by atoms with Gasteiger partial charge in [-0.1, -0.05) is 31.5 Å². The van der Waals surface area contributed by atoms with E-state index in [0.29, 0.717) is 17.7 Å². The van der Waals surface area contributed by atoms with E-state index in [2.05, 4.69) is 17.2 Å². The zero-order chi connectivity index (χ0) is 19.4. The van der Waals surface area contributed by atoms with Crippen LogP contribution < -0.4 is 5.32 Å². The molecule has 0 unspecified atom stereocenters. The van der Waals surface area contributed by atoms with Crippen molar-refractivity contribution in [1.29, 1.82) is 0 Å². The SMILES string of the molecule is CCCCN(C)C(=O)c1nc(C(=O)Nc2cccc(C)c2)c2ccccn12. The molecule has 1 aromatic carbocycles. The molecule has 0 atom stereocenters. The molecule has 3 rings (SSSR count). The van der Waals surface area contributed by atoms with Crippen molar-refractivity contribution in [3.8, 4) is 0 Å². The average molecular weight is 364 g/mol. The van der Waals surface area contributed by atoms with E-state index >= 15 is 0 Å². The number of aryl methyl sites for hydroxylation is 1. The van der Waals surface area contributed by atoms with Crippen LogP contribution in [-0.4, -0.2) is 39.7 Å². The lowest BCUT2D eigenvalue weighted by Crippen LogP contribution is -2.29. The fourth-order valence-corrected chi connectivity index (χ4v) is 2.94. The second-order valence-corrected chi connectivity index (χ2v) is 6.64. The number of anilines is 1. The first-order valence-corrected chi connectivity index (χ1v) is 9.12. The molecule has 0 aliphatic carbocycles. The van der Waals surface area contributed by atoms with Gasteiger partial charge in [0.15, 0.2) is 5.69 Å². The van der Waals surface area contributed by atoms with Crippen molar-refractivity contribution < 1.29 is 9.59 Å². The van der Waals surface area contributed by atoms with E-state index < -0.39 is 0 Å². The Morgan fingerprint density at radius 1 is 1.19 bits per heavy atom. The van der Waals surface area contributed by atoms with Gasteiger partial charge in [0.1, 0.15) is 0 Å². The fourth-order valence-electron chi connectivity index (χ4n) is 2.94. The minimum Gasteiger partial charge on any atom is -0.339 e. The van der Waals surface area contributed by atoms with E-state index in [0.717, 1.165) is 18.4 Å². The molecule has 140 valence electrons. The van der Waals surface area contributed by atoms with Crippen LogP contribution >= 0.6 is 0 Å². The molecule has 0 saturated heterocycles. The Morgan fingerprint density at radius 2 is 2.00 bits per heavy atom. The largest absolute Gasteiger partial charge is 0.339 e. The maximum atomic E-state index is 12.8. The highest BCUT2D eigenvalue weighted by molar-refractivity contribution is 6.08. The third-order valence-corrected chi connectivity index (χ3v) is 4.42. The highest BCUT2D eigenvalue weighted by atomic mass is 16.2. The number of hydrogen-bond donors (Lipinski definition) is 1. The number of amides is 2. The highest BCUT2D eigenvalue weighted by Gasteiger charge is 2.23. The second-order valence-electron chi connectivity index (χ2n) is 6.64. The Balaban J connectivity index is 1.94. The third kappa shape index (κ3) is 4.00. The van der Waals surface area contributed by atoms with Gasteiger partial charge in [-0.25, -0.2) is 4.98 Å². The molecule has 0 fully saturated rings. The Labute approximate surface area is 158 Å². The van der Waals surface area contributed by atoms with Gasteiger partial charge in [-0.2, -0.15) is 0 Å². The summed E-state index contributed by atoms with van der Waals surface area (Å²) in [6.45, 7) is 4.70. The Bertz CT molecular complexity index is 977. The van der Waals surface area contributed by atoms with Crippen LogP contribution in [0.25, 0.3) is 5.52 Å². The van der Waals surface area contributed by atoms with Gasteiger partial charge in [0, 0.05) is 25.5 Å². The Morgan fingerprint density at radius 3 is 2.74 bits per heavy atom. The molecule has 0 aliphatic rings. The van der Waals surface area contributed by atoms with Crippen molar-refractivity contribution in [3.63, 3.8) is 0 Å². The van der Waals surface area contributed by atoms with Gasteiger partial charge >= 0.3 is 0 Å². The minimum absolute atomic E-state index is 0.195. The maximum absolute atomic E-state index is 12.8. The van der Waals surface area contributed by atoms with Gasteiger partial charge in [-0.05, 0) is 43.2 Å². The summed E-state index contributed by atoms with van der Waals surface area (Å²) in [6, 6.07) is 13.0. The van der Waals surface area contributed by atoms with Crippen molar-refractivity contribution >= 4 is 23.0 Å². The maximum Gasteiger partial charge on any atom is 0.289 e. The molecule has 6 nitrogen and oxygen atoms in total. The number of benzene rings is 1. The molecule has 2 amide bonds. The van der Waals surface area contributed by atoms with E-state index in [9.17, 15) is 9.59 Å². The number of unbranched alkanes of at least 4 members (excludes halogenated alkanes) is 1. The summed E-state index contributed by atoms with van der Waals surface area (Å²) in [4.78, 5) is 31.7. The van der Waals surface area contributed by atoms with Crippen LogP contribution in [0.2, 0.25) is 0 Å². The summed E-state index contributed by atoms with van der Waals surface area (Å²) in [6.07, 6.45) is 3.68. The van der Waals surface area contributed by atoms with Crippen LogP contribution in [0.4, 0.5) is 5.69 Å². The average Bonchev–Trinajstić information content (AvgIpc) is 3.05. The first kappa shape index (κ1) is 18.6. The van der Waals surface area contributed by atoms with Crippen LogP contribution in [0.15, 0.2) is 48.7 Å². The zero-order valence-electron chi connectivity index (χ0n) is 15.9. The van der Waals surface area contributed by atoms with Crippen LogP contribution in [-0.2, 0) is 0 Å². The van der Waals surface area contributed by atoms with Crippen LogP contribution in [0.5, 0.6) is 0 Å². The van der Waals surface area contributed by atoms with Crippen molar-refractivity contribution in [1.82, 2.24) is 14.3 Å². The van der Waals surface area contributed by atoms with Gasteiger partial charge < -0.3 is 10.2 Å². The summed E-state index contributed by atoms with van der Waals surface area (Å²) in [5, 5.41) is 2.87. The molecule has 1 N–H and O–H groups in total. The summed E-state index contributed by atoms with van der Waals surface area (Å²) in [7, 11) is 1.76. The molecule has 0 spiro atoms. The van der Waals surface area contributed by atoms with Crippen LogP contribution in [0, 0.1) is 6.92 Å². The summed E-state index contributed by atoms with van der Waals surface area (Å²) in [5.74, 6) is -0.280. The van der Waals surface area contributed by atoms with E-state index in [4.69, 9.17) is 0 Å². The van der Waals surface area contributed by atoms with Crippen molar-refractivity contribution in [2.24, 2.45) is 0 Å². The van der Waals surface area contributed by atoms with E-state index in [-0.39, 0.29) is 23.3 Å². The molecule has 3 aromatic rings. The van der Waals surface area contributed by atoms with Crippen molar-refractivity contribution in [3.05, 3.63) is 65.7 Å². The molecule has 0 saturated carbocycles. The van der Waals surface area contributed by atoms with Gasteiger partial charge in [-0.3, -0.25) is 14.0 Å². The Hall–Kier alpha value is -3.15. The number of nitrogens with one attached hydrogen (secondary N) is 1. The van der Waals surface area contributed by atoms with E-state index in [1.807, 2.05) is 43.3 Å². The van der Waals surface area contributed by atoms with Gasteiger partial charge in [0.2, 0.25) is 5.82 Å². The molecule has 2 heterocycles. The number of aromatic nitrogens is 2. The summed E-state index contributed by atoms with van der Waals surface area (Å²) >= 11 is 0. The normalized spacial score (nSPS) is 10.8. The molecule has 6 heteroatoms. The molecular formula is C21H24N4O2. The van der Waals surface area contributed by atoms with Crippen molar-refractivity contribution in [2.75, 3.05) is 18.9 Å². The molecule has 0 aliphatic heterocycles. The number of fused-ring (bicyclic) bond motifs is 1. The lowest BCUT2D eigenvalue weighted by molar-refractivity contribution is 0.0780. The van der Waals surface area contributed by atoms with E-state index in [1.165, 1.54) is 0 Å². The van der Waals surface area contributed by atoms with Crippen LogP contribution in [0.3, 0.4) is 0 Å². The smallest absolute Gasteiger partial charge is 0.289 e. The molecule has 27 heavy (non-hydrogen) atoms. The van der Waals surface area contributed by atoms with E-state index in [1.54, 1.807) is 28.6 Å². The predicted molar refractivity (Wildman–Crippen MR) is 106 cm³/mol. The predicted octanol–water partition coefficient (Wildman–Crippen LogP) is 3.77. The zero-order valence-corrected chi connectivity index (χ0v) is 15.9. The second kappa shape index (κ2) is 8.03. The first-order chi connectivity index (χ1) is 13.0. The summed E-state index contributed by atoms with van der Waals surface area (Å²) < 4.78 is 1.68. The highest BCUT2D eigenvalue weighted by Crippen LogP contribution is 2.17. The molecule has 0 bridgehead atoms. The molecule has 2 aromatic heterocycles. The number of rotatable bonds is 6.